The van der Waals surface area contributed by atoms with Gasteiger partial charge in [0.1, 0.15) is 0 Å². The number of benzene rings is 1. The first kappa shape index (κ1) is 13.1. The van der Waals surface area contributed by atoms with Crippen LogP contribution in [-0.4, -0.2) is 66.4 Å². The smallest absolute Gasteiger partial charge is 0.0645 e. The van der Waals surface area contributed by atoms with Gasteiger partial charge in [0.25, 0.3) is 0 Å². The average molecular weight is 262 g/mol. The lowest BCUT2D eigenvalue weighted by Gasteiger charge is -2.46. The summed E-state index contributed by atoms with van der Waals surface area (Å²) in [4.78, 5) is 4.86. The van der Waals surface area contributed by atoms with E-state index in [1.165, 1.54) is 5.56 Å². The fourth-order valence-electron chi connectivity index (χ4n) is 2.88. The lowest BCUT2D eigenvalue weighted by Crippen LogP contribution is -2.60. The average Bonchev–Trinajstić information content (AvgIpc) is 2.39. The molecule has 2 heterocycles. The minimum absolute atomic E-state index is 0.233. The van der Waals surface area contributed by atoms with Crippen LogP contribution < -0.4 is 0 Å². The van der Waals surface area contributed by atoms with Crippen molar-refractivity contribution in [3.8, 4) is 0 Å². The molecule has 0 radical (unpaired) electrons. The van der Waals surface area contributed by atoms with Crippen LogP contribution in [0.4, 0.5) is 0 Å². The summed E-state index contributed by atoms with van der Waals surface area (Å²) in [6.45, 7) is 5.94. The molecule has 1 atom stereocenters. The van der Waals surface area contributed by atoms with Gasteiger partial charge < -0.3 is 9.84 Å². The molecule has 104 valence electrons. The third kappa shape index (κ3) is 2.98. The van der Waals surface area contributed by atoms with E-state index in [4.69, 9.17) is 4.74 Å². The second-order valence-electron chi connectivity index (χ2n) is 5.48. The van der Waals surface area contributed by atoms with Gasteiger partial charge >= 0.3 is 0 Å². The summed E-state index contributed by atoms with van der Waals surface area (Å²) in [6, 6.07) is 11.3. The van der Waals surface area contributed by atoms with Crippen LogP contribution in [0.15, 0.2) is 30.3 Å². The minimum atomic E-state index is 0.233. The normalized spacial score (nSPS) is 26.3. The van der Waals surface area contributed by atoms with Gasteiger partial charge in [-0.15, -0.1) is 0 Å². The zero-order valence-electron chi connectivity index (χ0n) is 11.2. The van der Waals surface area contributed by atoms with Gasteiger partial charge in [-0.1, -0.05) is 30.3 Å². The van der Waals surface area contributed by atoms with E-state index in [-0.39, 0.29) is 12.6 Å². The third-order valence-electron chi connectivity index (χ3n) is 4.21. The van der Waals surface area contributed by atoms with Crippen LogP contribution in [0.5, 0.6) is 0 Å². The van der Waals surface area contributed by atoms with Crippen LogP contribution >= 0.6 is 0 Å². The van der Waals surface area contributed by atoms with E-state index >= 15 is 0 Å². The standard InChI is InChI=1S/C15H22N2O2/c18-10-14-9-17(15-11-19-12-15)7-6-16(14)8-13-4-2-1-3-5-13/h1-5,14-15,18H,6-12H2/t14-/m1/s1. The maximum Gasteiger partial charge on any atom is 0.0645 e. The number of ether oxygens (including phenoxy) is 1. The number of hydrogen-bond donors (Lipinski definition) is 1. The molecule has 0 spiro atoms. The predicted molar refractivity (Wildman–Crippen MR) is 73.9 cm³/mol. The second kappa shape index (κ2) is 6.01. The molecule has 19 heavy (non-hydrogen) atoms. The Hall–Kier alpha value is -0.940. The number of rotatable bonds is 4. The van der Waals surface area contributed by atoms with Crippen molar-refractivity contribution >= 4 is 0 Å². The molecule has 1 N–H and O–H groups in total. The minimum Gasteiger partial charge on any atom is -0.395 e. The molecular formula is C15H22N2O2. The highest BCUT2D eigenvalue weighted by Gasteiger charge is 2.33. The number of aliphatic hydroxyl groups excluding tert-OH is 1. The van der Waals surface area contributed by atoms with Crippen LogP contribution in [-0.2, 0) is 11.3 Å². The first-order valence-electron chi connectivity index (χ1n) is 7.07. The van der Waals surface area contributed by atoms with Crippen molar-refractivity contribution in [2.45, 2.75) is 18.6 Å². The lowest BCUT2D eigenvalue weighted by molar-refractivity contribution is -0.0914. The van der Waals surface area contributed by atoms with Gasteiger partial charge in [0, 0.05) is 32.2 Å². The molecule has 2 fully saturated rings. The van der Waals surface area contributed by atoms with Gasteiger partial charge in [-0.05, 0) is 5.56 Å². The molecule has 4 nitrogen and oxygen atoms in total. The Bertz CT molecular complexity index is 394. The van der Waals surface area contributed by atoms with Crippen molar-refractivity contribution in [3.63, 3.8) is 0 Å². The molecule has 0 amide bonds. The Balaban J connectivity index is 1.59. The molecule has 0 bridgehead atoms. The van der Waals surface area contributed by atoms with Crippen molar-refractivity contribution in [2.24, 2.45) is 0 Å². The van der Waals surface area contributed by atoms with Gasteiger partial charge in [-0.25, -0.2) is 0 Å². The number of hydrogen-bond acceptors (Lipinski definition) is 4. The topological polar surface area (TPSA) is 35.9 Å². The fraction of sp³-hybridized carbons (Fsp3) is 0.600. The molecule has 2 aliphatic rings. The number of nitrogens with zero attached hydrogens (tertiary/aromatic N) is 2. The van der Waals surface area contributed by atoms with Gasteiger partial charge in [-0.3, -0.25) is 9.80 Å². The molecule has 0 unspecified atom stereocenters. The van der Waals surface area contributed by atoms with E-state index in [0.717, 1.165) is 39.4 Å². The highest BCUT2D eigenvalue weighted by Crippen LogP contribution is 2.18. The lowest BCUT2D eigenvalue weighted by atomic mass is 10.1. The maximum absolute atomic E-state index is 9.63. The van der Waals surface area contributed by atoms with Crippen molar-refractivity contribution < 1.29 is 9.84 Å². The predicted octanol–water partition coefficient (Wildman–Crippen LogP) is 0.564. The molecule has 1 aromatic rings. The first-order chi connectivity index (χ1) is 9.36. The first-order valence-corrected chi connectivity index (χ1v) is 7.07. The molecule has 2 saturated heterocycles. The van der Waals surface area contributed by atoms with E-state index in [0.29, 0.717) is 6.04 Å². The van der Waals surface area contributed by atoms with E-state index < -0.39 is 0 Å². The van der Waals surface area contributed by atoms with Crippen LogP contribution in [0.2, 0.25) is 0 Å². The summed E-state index contributed by atoms with van der Waals surface area (Å²) < 4.78 is 5.26. The number of aliphatic hydroxyl groups is 1. The van der Waals surface area contributed by atoms with E-state index in [1.54, 1.807) is 0 Å². The SMILES string of the molecule is OC[C@H]1CN(C2COC2)CCN1Cc1ccccc1. The molecule has 0 aromatic heterocycles. The quantitative estimate of drug-likeness (QED) is 0.860. The van der Waals surface area contributed by atoms with Crippen molar-refractivity contribution in [3.05, 3.63) is 35.9 Å². The fourth-order valence-corrected chi connectivity index (χ4v) is 2.88. The van der Waals surface area contributed by atoms with Crippen LogP contribution in [0.1, 0.15) is 5.56 Å². The highest BCUT2D eigenvalue weighted by molar-refractivity contribution is 5.14. The second-order valence-corrected chi connectivity index (χ2v) is 5.48. The summed E-state index contributed by atoms with van der Waals surface area (Å²) >= 11 is 0. The number of piperazine rings is 1. The monoisotopic (exact) mass is 262 g/mol. The summed E-state index contributed by atoms with van der Waals surface area (Å²) in [6.07, 6.45) is 0. The molecule has 1 aromatic carbocycles. The molecule has 0 aliphatic carbocycles. The Morgan fingerprint density at radius 2 is 1.95 bits per heavy atom. The van der Waals surface area contributed by atoms with Gasteiger partial charge in [0.2, 0.25) is 0 Å². The van der Waals surface area contributed by atoms with E-state index in [1.807, 2.05) is 6.07 Å². The summed E-state index contributed by atoms with van der Waals surface area (Å²) in [5.41, 5.74) is 1.32. The van der Waals surface area contributed by atoms with Crippen molar-refractivity contribution in [1.82, 2.24) is 9.80 Å². The Morgan fingerprint density at radius 3 is 2.58 bits per heavy atom. The molecular weight excluding hydrogens is 240 g/mol. The van der Waals surface area contributed by atoms with Crippen LogP contribution in [0, 0.1) is 0 Å². The molecule has 2 aliphatic heterocycles. The zero-order valence-corrected chi connectivity index (χ0v) is 11.2. The summed E-state index contributed by atoms with van der Waals surface area (Å²) in [5.74, 6) is 0. The van der Waals surface area contributed by atoms with Crippen LogP contribution in [0.3, 0.4) is 0 Å². The van der Waals surface area contributed by atoms with Crippen molar-refractivity contribution in [2.75, 3.05) is 39.5 Å². The Kier molecular flexibility index (Phi) is 4.13. The third-order valence-corrected chi connectivity index (χ3v) is 4.21. The zero-order chi connectivity index (χ0) is 13.1. The van der Waals surface area contributed by atoms with Gasteiger partial charge in [0.15, 0.2) is 0 Å². The maximum atomic E-state index is 9.63. The Morgan fingerprint density at radius 1 is 1.16 bits per heavy atom. The highest BCUT2D eigenvalue weighted by atomic mass is 16.5. The van der Waals surface area contributed by atoms with Crippen molar-refractivity contribution in [1.29, 1.82) is 0 Å². The van der Waals surface area contributed by atoms with E-state index in [9.17, 15) is 5.11 Å². The largest absolute Gasteiger partial charge is 0.395 e. The Labute approximate surface area is 114 Å². The molecule has 3 rings (SSSR count). The summed E-state index contributed by atoms with van der Waals surface area (Å²) in [7, 11) is 0. The van der Waals surface area contributed by atoms with Crippen LogP contribution in [0.25, 0.3) is 0 Å². The molecule has 0 saturated carbocycles. The van der Waals surface area contributed by atoms with Gasteiger partial charge in [-0.2, -0.15) is 0 Å². The summed E-state index contributed by atoms with van der Waals surface area (Å²) in [5, 5.41) is 9.63. The molecule has 4 heteroatoms. The van der Waals surface area contributed by atoms with E-state index in [2.05, 4.69) is 34.1 Å². The van der Waals surface area contributed by atoms with Gasteiger partial charge in [0.05, 0.1) is 25.9 Å².